The Hall–Kier alpha value is -3.12. The van der Waals surface area contributed by atoms with Crippen LogP contribution in [0.1, 0.15) is 21.6 Å². The number of benzene rings is 2. The molecule has 0 aliphatic heterocycles. The Morgan fingerprint density at radius 2 is 1.73 bits per heavy atom. The molecule has 0 amide bonds. The van der Waals surface area contributed by atoms with Gasteiger partial charge in [-0.2, -0.15) is 5.26 Å². The van der Waals surface area contributed by atoms with Crippen molar-refractivity contribution in [2.75, 3.05) is 0 Å². The minimum absolute atomic E-state index is 0.636. The van der Waals surface area contributed by atoms with Crippen molar-refractivity contribution in [1.82, 2.24) is 4.57 Å². The number of nitrogens with zero attached hydrogens (tertiary/aromatic N) is 2. The lowest BCUT2D eigenvalue weighted by Gasteiger charge is -2.08. The summed E-state index contributed by atoms with van der Waals surface area (Å²) in [5, 5.41) is 9.44. The summed E-state index contributed by atoms with van der Waals surface area (Å²) in [7, 11) is 0. The van der Waals surface area contributed by atoms with Crippen LogP contribution in [0.25, 0.3) is 16.8 Å². The molecule has 3 nitrogen and oxygen atoms in total. The third kappa shape index (κ3) is 2.32. The monoisotopic (exact) mass is 286 g/mol. The van der Waals surface area contributed by atoms with E-state index in [9.17, 15) is 10.1 Å². The summed E-state index contributed by atoms with van der Waals surface area (Å²) in [5.74, 6) is 0. The van der Waals surface area contributed by atoms with Gasteiger partial charge in [0.2, 0.25) is 0 Å². The summed E-state index contributed by atoms with van der Waals surface area (Å²) in [4.78, 5) is 10.8. The van der Waals surface area contributed by atoms with Gasteiger partial charge < -0.3 is 4.57 Å². The van der Waals surface area contributed by atoms with Gasteiger partial charge in [-0.05, 0) is 36.8 Å². The van der Waals surface area contributed by atoms with Crippen molar-refractivity contribution >= 4 is 6.29 Å². The average Bonchev–Trinajstić information content (AvgIpc) is 2.92. The topological polar surface area (TPSA) is 45.8 Å². The molecule has 3 aromatic rings. The zero-order valence-corrected chi connectivity index (χ0v) is 12.2. The highest BCUT2D eigenvalue weighted by Gasteiger charge is 2.15. The van der Waals surface area contributed by atoms with Gasteiger partial charge in [-0.3, -0.25) is 4.79 Å². The third-order valence-electron chi connectivity index (χ3n) is 3.74. The van der Waals surface area contributed by atoms with Crippen LogP contribution in [0.5, 0.6) is 0 Å². The first kappa shape index (κ1) is 13.8. The number of carbonyl (C=O) groups is 1. The van der Waals surface area contributed by atoms with E-state index in [-0.39, 0.29) is 0 Å². The molecule has 0 saturated carbocycles. The van der Waals surface area contributed by atoms with E-state index in [4.69, 9.17) is 0 Å². The highest BCUT2D eigenvalue weighted by atomic mass is 16.1. The molecule has 3 heteroatoms. The van der Waals surface area contributed by atoms with Crippen LogP contribution >= 0.6 is 0 Å². The van der Waals surface area contributed by atoms with Gasteiger partial charge in [-0.1, -0.05) is 30.3 Å². The number of carbonyl (C=O) groups excluding carboxylic acids is 1. The molecule has 0 atom stereocenters. The van der Waals surface area contributed by atoms with Crippen molar-refractivity contribution in [1.29, 1.82) is 5.26 Å². The molecule has 1 aromatic heterocycles. The molecule has 3 rings (SSSR count). The molecule has 0 aliphatic carbocycles. The van der Waals surface area contributed by atoms with Crippen LogP contribution in [0.3, 0.4) is 0 Å². The molecule has 1 heterocycles. The summed E-state index contributed by atoms with van der Waals surface area (Å²) in [6.45, 7) is 2.00. The SMILES string of the molecule is Cc1c(-c2ccccc2)c(C#N)cn1-c1ccc(C=O)cc1. The highest BCUT2D eigenvalue weighted by molar-refractivity contribution is 5.76. The van der Waals surface area contributed by atoms with Gasteiger partial charge in [-0.15, -0.1) is 0 Å². The van der Waals surface area contributed by atoms with Gasteiger partial charge in [-0.25, -0.2) is 0 Å². The first-order valence-electron chi connectivity index (χ1n) is 6.97. The molecule has 0 bridgehead atoms. The van der Waals surface area contributed by atoms with E-state index < -0.39 is 0 Å². The van der Waals surface area contributed by atoms with Crippen LogP contribution in [0.15, 0.2) is 60.8 Å². The minimum atomic E-state index is 0.636. The predicted molar refractivity (Wildman–Crippen MR) is 86.0 cm³/mol. The second-order valence-corrected chi connectivity index (χ2v) is 5.06. The molecule has 0 aliphatic rings. The number of hydrogen-bond acceptors (Lipinski definition) is 2. The quantitative estimate of drug-likeness (QED) is 0.679. The van der Waals surface area contributed by atoms with Crippen LogP contribution < -0.4 is 0 Å². The molecule has 0 N–H and O–H groups in total. The van der Waals surface area contributed by atoms with Gasteiger partial charge in [0.05, 0.1) is 5.56 Å². The summed E-state index contributed by atoms with van der Waals surface area (Å²) in [6, 6.07) is 19.5. The second kappa shape index (κ2) is 5.71. The predicted octanol–water partition coefficient (Wildman–Crippen LogP) is 4.14. The molecule has 0 saturated heterocycles. The molecule has 0 spiro atoms. The molecule has 0 fully saturated rings. The van der Waals surface area contributed by atoms with Gasteiger partial charge in [0.1, 0.15) is 12.4 Å². The number of aromatic nitrogens is 1. The lowest BCUT2D eigenvalue weighted by atomic mass is 10.0. The van der Waals surface area contributed by atoms with Crippen LogP contribution in [-0.4, -0.2) is 10.9 Å². The fraction of sp³-hybridized carbons (Fsp3) is 0.0526. The Morgan fingerprint density at radius 1 is 1.05 bits per heavy atom. The maximum atomic E-state index is 10.8. The summed E-state index contributed by atoms with van der Waals surface area (Å²) in [5.41, 5.74) is 5.19. The highest BCUT2D eigenvalue weighted by Crippen LogP contribution is 2.30. The Bertz CT molecular complexity index is 853. The van der Waals surface area contributed by atoms with Crippen molar-refractivity contribution < 1.29 is 4.79 Å². The lowest BCUT2D eigenvalue weighted by Crippen LogP contribution is -1.95. The summed E-state index contributed by atoms with van der Waals surface area (Å²) in [6.07, 6.45) is 2.66. The lowest BCUT2D eigenvalue weighted by molar-refractivity contribution is 0.112. The second-order valence-electron chi connectivity index (χ2n) is 5.06. The van der Waals surface area contributed by atoms with Gasteiger partial charge >= 0.3 is 0 Å². The first-order valence-corrected chi connectivity index (χ1v) is 6.97. The van der Waals surface area contributed by atoms with Crippen LogP contribution in [0, 0.1) is 18.3 Å². The molecule has 2 aromatic carbocycles. The Kier molecular flexibility index (Phi) is 3.59. The average molecular weight is 286 g/mol. The molecule has 0 unspecified atom stereocenters. The normalized spacial score (nSPS) is 10.2. The number of nitriles is 1. The largest absolute Gasteiger partial charge is 0.319 e. The zero-order valence-electron chi connectivity index (χ0n) is 12.2. The van der Waals surface area contributed by atoms with Crippen molar-refractivity contribution in [3.8, 4) is 22.9 Å². The van der Waals surface area contributed by atoms with Crippen molar-refractivity contribution in [2.24, 2.45) is 0 Å². The third-order valence-corrected chi connectivity index (χ3v) is 3.74. The molecular weight excluding hydrogens is 272 g/mol. The smallest absolute Gasteiger partial charge is 0.150 e. The molecular formula is C19H14N2O. The van der Waals surface area contributed by atoms with E-state index in [0.717, 1.165) is 28.8 Å². The number of rotatable bonds is 3. The van der Waals surface area contributed by atoms with E-state index in [1.807, 2.05) is 60.2 Å². The maximum absolute atomic E-state index is 10.8. The van der Waals surface area contributed by atoms with Gasteiger partial charge in [0.15, 0.2) is 0 Å². The molecule has 22 heavy (non-hydrogen) atoms. The fourth-order valence-corrected chi connectivity index (χ4v) is 2.64. The van der Waals surface area contributed by atoms with Gasteiger partial charge in [0, 0.05) is 28.7 Å². The van der Waals surface area contributed by atoms with E-state index in [2.05, 4.69) is 6.07 Å². The number of aldehydes is 1. The van der Waals surface area contributed by atoms with E-state index >= 15 is 0 Å². The van der Waals surface area contributed by atoms with Crippen LogP contribution in [0.4, 0.5) is 0 Å². The van der Waals surface area contributed by atoms with Crippen LogP contribution in [0.2, 0.25) is 0 Å². The Balaban J connectivity index is 2.16. The van der Waals surface area contributed by atoms with E-state index in [0.29, 0.717) is 11.1 Å². The zero-order chi connectivity index (χ0) is 15.5. The maximum Gasteiger partial charge on any atom is 0.150 e. The minimum Gasteiger partial charge on any atom is -0.319 e. The van der Waals surface area contributed by atoms with Crippen LogP contribution in [-0.2, 0) is 0 Å². The number of hydrogen-bond donors (Lipinski definition) is 0. The molecule has 0 radical (unpaired) electrons. The Morgan fingerprint density at radius 3 is 2.32 bits per heavy atom. The van der Waals surface area contributed by atoms with E-state index in [1.54, 1.807) is 12.1 Å². The standard InChI is InChI=1S/C19H14N2O/c1-14-19(16-5-3-2-4-6-16)17(11-20)12-21(14)18-9-7-15(13-22)8-10-18/h2-10,12-13H,1H3. The van der Waals surface area contributed by atoms with Crippen molar-refractivity contribution in [2.45, 2.75) is 6.92 Å². The van der Waals surface area contributed by atoms with Crippen molar-refractivity contribution in [3.05, 3.63) is 77.6 Å². The van der Waals surface area contributed by atoms with Gasteiger partial charge in [0.25, 0.3) is 0 Å². The van der Waals surface area contributed by atoms with E-state index in [1.165, 1.54) is 0 Å². The molecule has 106 valence electrons. The summed E-state index contributed by atoms with van der Waals surface area (Å²) < 4.78 is 1.98. The Labute approximate surface area is 129 Å². The summed E-state index contributed by atoms with van der Waals surface area (Å²) >= 11 is 0. The first-order chi connectivity index (χ1) is 10.7. The van der Waals surface area contributed by atoms with Crippen molar-refractivity contribution in [3.63, 3.8) is 0 Å². The fourth-order valence-electron chi connectivity index (χ4n) is 2.64.